The summed E-state index contributed by atoms with van der Waals surface area (Å²) in [5.74, 6) is -0.871. The minimum Gasteiger partial charge on any atom is -0.478 e. The molecule has 0 unspecified atom stereocenters. The first-order valence-electron chi connectivity index (χ1n) is 6.18. The summed E-state index contributed by atoms with van der Waals surface area (Å²) in [6.07, 6.45) is 7.75. The number of unbranched alkanes of at least 4 members (excludes halogenated alkanes) is 1. The summed E-state index contributed by atoms with van der Waals surface area (Å²) < 4.78 is 0. The monoisotopic (exact) mass is 234 g/mol. The molecule has 1 saturated carbocycles. The molecule has 0 bridgehead atoms. The van der Waals surface area contributed by atoms with Gasteiger partial charge in [-0.25, -0.2) is 4.79 Å². The van der Waals surface area contributed by atoms with Crippen LogP contribution in [0, 0.1) is 0 Å². The first-order valence-corrected chi connectivity index (χ1v) is 6.18. The van der Waals surface area contributed by atoms with Crippen molar-refractivity contribution in [2.24, 2.45) is 0 Å². The number of carboxylic acids is 1. The van der Waals surface area contributed by atoms with Gasteiger partial charge < -0.3 is 10.0 Å². The Kier molecular flexibility index (Phi) is 3.61. The molecule has 0 amide bonds. The number of aromatic nitrogens is 1. The maximum absolute atomic E-state index is 11.2. The van der Waals surface area contributed by atoms with Crippen LogP contribution in [0.1, 0.15) is 43.0 Å². The number of anilines is 1. The zero-order valence-electron chi connectivity index (χ0n) is 10.1. The molecule has 0 atom stereocenters. The Morgan fingerprint density at radius 2 is 2.35 bits per heavy atom. The zero-order valence-corrected chi connectivity index (χ0v) is 10.1. The van der Waals surface area contributed by atoms with E-state index in [9.17, 15) is 9.90 Å². The van der Waals surface area contributed by atoms with Crippen LogP contribution in [0.5, 0.6) is 0 Å². The second-order valence-corrected chi connectivity index (χ2v) is 4.48. The van der Waals surface area contributed by atoms with E-state index >= 15 is 0 Å². The summed E-state index contributed by atoms with van der Waals surface area (Å²) in [6.45, 7) is 3.07. The van der Waals surface area contributed by atoms with E-state index in [0.29, 0.717) is 11.6 Å². The van der Waals surface area contributed by atoms with Gasteiger partial charge in [0.05, 0.1) is 17.4 Å². The lowest BCUT2D eigenvalue weighted by molar-refractivity contribution is 0.0697. The average Bonchev–Trinajstić information content (AvgIpc) is 3.14. The molecule has 1 aromatic rings. The molecule has 92 valence electrons. The maximum atomic E-state index is 11.2. The highest BCUT2D eigenvalue weighted by atomic mass is 16.4. The van der Waals surface area contributed by atoms with E-state index in [0.717, 1.165) is 37.9 Å². The van der Waals surface area contributed by atoms with Crippen molar-refractivity contribution < 1.29 is 9.90 Å². The van der Waals surface area contributed by atoms with Crippen molar-refractivity contribution >= 4 is 11.7 Å². The van der Waals surface area contributed by atoms with Crippen LogP contribution in [0.15, 0.2) is 18.5 Å². The normalized spacial score (nSPS) is 14.6. The minimum atomic E-state index is -0.871. The zero-order chi connectivity index (χ0) is 12.3. The van der Waals surface area contributed by atoms with Crippen molar-refractivity contribution in [2.75, 3.05) is 11.4 Å². The molecule has 1 aliphatic carbocycles. The number of rotatable bonds is 6. The van der Waals surface area contributed by atoms with Crippen molar-refractivity contribution in [2.45, 2.75) is 38.6 Å². The van der Waals surface area contributed by atoms with E-state index in [1.165, 1.54) is 6.20 Å². The largest absolute Gasteiger partial charge is 0.478 e. The number of hydrogen-bond donors (Lipinski definition) is 1. The van der Waals surface area contributed by atoms with Crippen LogP contribution in [0.3, 0.4) is 0 Å². The Labute approximate surface area is 101 Å². The van der Waals surface area contributed by atoms with E-state index in [1.54, 1.807) is 12.3 Å². The average molecular weight is 234 g/mol. The van der Waals surface area contributed by atoms with Crippen LogP contribution in [0.4, 0.5) is 5.69 Å². The number of nitrogens with zero attached hydrogens (tertiary/aromatic N) is 2. The topological polar surface area (TPSA) is 53.4 Å². The number of carboxylic acid groups (broad SMARTS) is 1. The Balaban J connectivity index is 2.25. The highest BCUT2D eigenvalue weighted by molar-refractivity contribution is 5.94. The second-order valence-electron chi connectivity index (χ2n) is 4.48. The molecule has 0 spiro atoms. The molecule has 0 aromatic carbocycles. The number of aromatic carboxylic acids is 1. The second kappa shape index (κ2) is 5.17. The smallest absolute Gasteiger partial charge is 0.337 e. The molecular formula is C13H18N2O2. The summed E-state index contributed by atoms with van der Waals surface area (Å²) in [4.78, 5) is 17.5. The molecule has 0 saturated heterocycles. The third-order valence-corrected chi connectivity index (χ3v) is 3.08. The predicted molar refractivity (Wildman–Crippen MR) is 66.5 cm³/mol. The van der Waals surface area contributed by atoms with Gasteiger partial charge in [0.2, 0.25) is 0 Å². The molecule has 2 rings (SSSR count). The SMILES string of the molecule is CCCCN(c1cnccc1C(=O)O)C1CC1. The van der Waals surface area contributed by atoms with Crippen LogP contribution in [0.25, 0.3) is 0 Å². The van der Waals surface area contributed by atoms with Crippen LogP contribution in [-0.2, 0) is 0 Å². The summed E-state index contributed by atoms with van der Waals surface area (Å²) in [7, 11) is 0. The standard InChI is InChI=1S/C13H18N2O2/c1-2-3-8-15(10-4-5-10)12-9-14-7-6-11(12)13(16)17/h6-7,9-10H,2-5,8H2,1H3,(H,16,17). The van der Waals surface area contributed by atoms with E-state index in [2.05, 4.69) is 16.8 Å². The first-order chi connectivity index (χ1) is 8.24. The van der Waals surface area contributed by atoms with Gasteiger partial charge in [-0.05, 0) is 25.3 Å². The molecule has 1 heterocycles. The van der Waals surface area contributed by atoms with Gasteiger partial charge in [-0.3, -0.25) is 4.98 Å². The number of pyridine rings is 1. The van der Waals surface area contributed by atoms with Gasteiger partial charge in [0.15, 0.2) is 0 Å². The summed E-state index contributed by atoms with van der Waals surface area (Å²) in [5, 5.41) is 9.19. The Morgan fingerprint density at radius 3 is 2.94 bits per heavy atom. The van der Waals surface area contributed by atoms with E-state index in [-0.39, 0.29) is 0 Å². The van der Waals surface area contributed by atoms with Gasteiger partial charge in [-0.15, -0.1) is 0 Å². The van der Waals surface area contributed by atoms with Crippen LogP contribution >= 0.6 is 0 Å². The third kappa shape index (κ3) is 2.75. The highest BCUT2D eigenvalue weighted by Crippen LogP contribution is 2.33. The molecule has 0 aliphatic heterocycles. The molecule has 1 N–H and O–H groups in total. The fourth-order valence-corrected chi connectivity index (χ4v) is 2.01. The fraction of sp³-hybridized carbons (Fsp3) is 0.538. The van der Waals surface area contributed by atoms with Crippen molar-refractivity contribution in [3.63, 3.8) is 0 Å². The van der Waals surface area contributed by atoms with Crippen molar-refractivity contribution in [1.29, 1.82) is 0 Å². The molecule has 1 aliphatic rings. The Morgan fingerprint density at radius 1 is 1.59 bits per heavy atom. The summed E-state index contributed by atoms with van der Waals surface area (Å²) in [5.41, 5.74) is 1.14. The van der Waals surface area contributed by atoms with Gasteiger partial charge in [0.25, 0.3) is 0 Å². The molecule has 1 aromatic heterocycles. The van der Waals surface area contributed by atoms with Gasteiger partial charge in [0.1, 0.15) is 0 Å². The predicted octanol–water partition coefficient (Wildman–Crippen LogP) is 2.55. The van der Waals surface area contributed by atoms with Crippen molar-refractivity contribution in [3.8, 4) is 0 Å². The first kappa shape index (κ1) is 11.9. The quantitative estimate of drug-likeness (QED) is 0.821. The van der Waals surface area contributed by atoms with Gasteiger partial charge in [0, 0.05) is 18.8 Å². The van der Waals surface area contributed by atoms with Crippen LogP contribution < -0.4 is 4.90 Å². The minimum absolute atomic E-state index is 0.364. The lowest BCUT2D eigenvalue weighted by atomic mass is 10.2. The molecule has 17 heavy (non-hydrogen) atoms. The van der Waals surface area contributed by atoms with E-state index in [4.69, 9.17) is 0 Å². The molecule has 4 nitrogen and oxygen atoms in total. The van der Waals surface area contributed by atoms with Crippen LogP contribution in [0.2, 0.25) is 0 Å². The van der Waals surface area contributed by atoms with E-state index in [1.807, 2.05) is 0 Å². The summed E-state index contributed by atoms with van der Waals surface area (Å²) >= 11 is 0. The van der Waals surface area contributed by atoms with Crippen molar-refractivity contribution in [3.05, 3.63) is 24.0 Å². The third-order valence-electron chi connectivity index (χ3n) is 3.08. The number of carbonyl (C=O) groups is 1. The van der Waals surface area contributed by atoms with Crippen molar-refractivity contribution in [1.82, 2.24) is 4.98 Å². The lowest BCUT2D eigenvalue weighted by Crippen LogP contribution is -2.28. The Bertz CT molecular complexity index is 402. The van der Waals surface area contributed by atoms with Crippen LogP contribution in [-0.4, -0.2) is 28.6 Å². The van der Waals surface area contributed by atoms with Gasteiger partial charge in [-0.1, -0.05) is 13.3 Å². The molecule has 0 radical (unpaired) electrons. The molecular weight excluding hydrogens is 216 g/mol. The van der Waals surface area contributed by atoms with Gasteiger partial charge >= 0.3 is 5.97 Å². The molecule has 1 fully saturated rings. The van der Waals surface area contributed by atoms with Gasteiger partial charge in [-0.2, -0.15) is 0 Å². The fourth-order valence-electron chi connectivity index (χ4n) is 2.01. The number of hydrogen-bond acceptors (Lipinski definition) is 3. The highest BCUT2D eigenvalue weighted by Gasteiger charge is 2.31. The Hall–Kier alpha value is -1.58. The lowest BCUT2D eigenvalue weighted by Gasteiger charge is -2.25. The molecule has 4 heteroatoms. The van der Waals surface area contributed by atoms with E-state index < -0.39 is 5.97 Å². The summed E-state index contributed by atoms with van der Waals surface area (Å²) in [6, 6.07) is 2.10. The maximum Gasteiger partial charge on any atom is 0.337 e.